The maximum Gasteiger partial charge on any atom is 0.256 e. The number of benzene rings is 2. The number of Topliss-reactive ketones (excluding diaryl/α,β-unsaturated/α-hetero) is 1. The van der Waals surface area contributed by atoms with Crippen LogP contribution in [0.2, 0.25) is 10.0 Å². The van der Waals surface area contributed by atoms with Crippen LogP contribution in [0.25, 0.3) is 11.6 Å². The smallest absolute Gasteiger partial charge is 0.256 e. The normalized spacial score (nSPS) is 14.6. The first-order chi connectivity index (χ1) is 11.4. The van der Waals surface area contributed by atoms with Crippen molar-refractivity contribution in [3.8, 4) is 5.75 Å². The van der Waals surface area contributed by atoms with Crippen LogP contribution in [-0.4, -0.2) is 22.7 Å². The molecule has 0 fully saturated rings. The zero-order chi connectivity index (χ0) is 17.4. The minimum Gasteiger partial charge on any atom is -0.505 e. The van der Waals surface area contributed by atoms with Gasteiger partial charge in [0.1, 0.15) is 0 Å². The molecule has 1 aliphatic rings. The monoisotopic (exact) mass is 381 g/mol. The van der Waals surface area contributed by atoms with Gasteiger partial charge < -0.3 is 10.4 Å². The summed E-state index contributed by atoms with van der Waals surface area (Å²) < 4.78 is 0. The van der Waals surface area contributed by atoms with Gasteiger partial charge >= 0.3 is 0 Å². The molecule has 0 aromatic heterocycles. The molecule has 2 aromatic rings. The Morgan fingerprint density at radius 1 is 1.17 bits per heavy atom. The Balaban J connectivity index is 2.10. The van der Waals surface area contributed by atoms with Crippen LogP contribution in [0.1, 0.15) is 21.5 Å². The highest BCUT2D eigenvalue weighted by molar-refractivity contribution is 6.38. The Morgan fingerprint density at radius 2 is 1.83 bits per heavy atom. The van der Waals surface area contributed by atoms with Crippen molar-refractivity contribution in [1.82, 2.24) is 0 Å². The third-order valence-corrected chi connectivity index (χ3v) is 4.42. The van der Waals surface area contributed by atoms with Gasteiger partial charge in [-0.3, -0.25) is 9.59 Å². The lowest BCUT2D eigenvalue weighted by molar-refractivity contribution is -0.110. The highest BCUT2D eigenvalue weighted by Gasteiger charge is 2.25. The van der Waals surface area contributed by atoms with Crippen molar-refractivity contribution in [2.75, 3.05) is 11.2 Å². The summed E-state index contributed by atoms with van der Waals surface area (Å²) in [5.74, 6) is -0.885. The van der Waals surface area contributed by atoms with Gasteiger partial charge in [0.15, 0.2) is 11.5 Å². The van der Waals surface area contributed by atoms with E-state index < -0.39 is 0 Å². The Kier molecular flexibility index (Phi) is 4.54. The summed E-state index contributed by atoms with van der Waals surface area (Å²) in [7, 11) is 0. The number of aromatic hydroxyl groups is 1. The van der Waals surface area contributed by atoms with E-state index in [4.69, 9.17) is 34.8 Å². The molecule has 0 unspecified atom stereocenters. The number of carbonyl (C=O) groups is 2. The molecule has 0 spiro atoms. The lowest BCUT2D eigenvalue weighted by Crippen LogP contribution is -2.03. The summed E-state index contributed by atoms with van der Waals surface area (Å²) in [6.45, 7) is 0. The molecule has 24 heavy (non-hydrogen) atoms. The van der Waals surface area contributed by atoms with Gasteiger partial charge in [-0.2, -0.15) is 0 Å². The van der Waals surface area contributed by atoms with Crippen molar-refractivity contribution in [3.05, 3.63) is 57.1 Å². The standard InChI is InChI=1S/C17H10Cl3NO3/c18-7-15(22)9-1-2-14-10(6-9)11(17(24)21-14)3-8-4-12(19)16(23)13(20)5-8/h1-6,23H,7H2,(H,21,24). The van der Waals surface area contributed by atoms with Crippen molar-refractivity contribution < 1.29 is 14.7 Å². The summed E-state index contributed by atoms with van der Waals surface area (Å²) in [5, 5.41) is 12.5. The largest absolute Gasteiger partial charge is 0.505 e. The molecule has 3 rings (SSSR count). The summed E-state index contributed by atoms with van der Waals surface area (Å²) in [5.41, 5.74) is 2.54. The lowest BCUT2D eigenvalue weighted by atomic mass is 10.0. The first kappa shape index (κ1) is 16.8. The minimum absolute atomic E-state index is 0.0825. The molecule has 0 saturated carbocycles. The molecule has 122 valence electrons. The quantitative estimate of drug-likeness (QED) is 0.463. The zero-order valence-corrected chi connectivity index (χ0v) is 14.3. The predicted octanol–water partition coefficient (Wildman–Crippen LogP) is 4.61. The summed E-state index contributed by atoms with van der Waals surface area (Å²) in [4.78, 5) is 24.0. The van der Waals surface area contributed by atoms with Crippen molar-refractivity contribution >= 4 is 63.8 Å². The van der Waals surface area contributed by atoms with Crippen LogP contribution in [0.3, 0.4) is 0 Å². The number of alkyl halides is 1. The molecule has 1 heterocycles. The fraction of sp³-hybridized carbons (Fsp3) is 0.0588. The van der Waals surface area contributed by atoms with E-state index in [9.17, 15) is 14.7 Å². The Bertz CT molecular complexity index is 883. The molecule has 0 radical (unpaired) electrons. The van der Waals surface area contributed by atoms with Crippen LogP contribution < -0.4 is 5.32 Å². The number of hydrogen-bond donors (Lipinski definition) is 2. The van der Waals surface area contributed by atoms with Gasteiger partial charge in [-0.25, -0.2) is 0 Å². The van der Waals surface area contributed by atoms with E-state index in [1.807, 2.05) is 0 Å². The van der Waals surface area contributed by atoms with E-state index >= 15 is 0 Å². The van der Waals surface area contributed by atoms with Gasteiger partial charge in [-0.05, 0) is 42.0 Å². The van der Waals surface area contributed by atoms with E-state index in [0.29, 0.717) is 28.0 Å². The van der Waals surface area contributed by atoms with E-state index in [2.05, 4.69) is 5.32 Å². The van der Waals surface area contributed by atoms with Crippen molar-refractivity contribution in [2.45, 2.75) is 0 Å². The number of carbonyl (C=O) groups excluding carboxylic acids is 2. The number of nitrogens with one attached hydrogen (secondary N) is 1. The fourth-order valence-corrected chi connectivity index (χ4v) is 3.08. The van der Waals surface area contributed by atoms with Crippen LogP contribution >= 0.6 is 34.8 Å². The molecule has 2 aromatic carbocycles. The highest BCUT2D eigenvalue weighted by atomic mass is 35.5. The zero-order valence-electron chi connectivity index (χ0n) is 12.1. The number of phenolic OH excluding ortho intramolecular Hbond substituents is 1. The second-order valence-corrected chi connectivity index (χ2v) is 6.24. The van der Waals surface area contributed by atoms with Gasteiger partial charge in [-0.15, -0.1) is 11.6 Å². The average molecular weight is 383 g/mol. The number of halogens is 3. The number of fused-ring (bicyclic) bond motifs is 1. The van der Waals surface area contributed by atoms with Gasteiger partial charge in [-0.1, -0.05) is 23.2 Å². The Hall–Kier alpha value is -2.01. The third kappa shape index (κ3) is 3.00. The highest BCUT2D eigenvalue weighted by Crippen LogP contribution is 2.37. The van der Waals surface area contributed by atoms with Gasteiger partial charge in [0.05, 0.1) is 15.9 Å². The summed E-state index contributed by atoms with van der Waals surface area (Å²) in [6.07, 6.45) is 1.59. The molecule has 0 saturated heterocycles. The van der Waals surface area contributed by atoms with Crippen LogP contribution in [0.5, 0.6) is 5.75 Å². The topological polar surface area (TPSA) is 66.4 Å². The van der Waals surface area contributed by atoms with E-state index in [0.717, 1.165) is 0 Å². The maximum absolute atomic E-state index is 12.2. The third-order valence-electron chi connectivity index (χ3n) is 3.60. The van der Waals surface area contributed by atoms with Crippen LogP contribution in [0.15, 0.2) is 30.3 Å². The summed E-state index contributed by atoms with van der Waals surface area (Å²) in [6, 6.07) is 7.88. The van der Waals surface area contributed by atoms with Crippen LogP contribution in [0, 0.1) is 0 Å². The first-order valence-electron chi connectivity index (χ1n) is 6.85. The van der Waals surface area contributed by atoms with Crippen molar-refractivity contribution in [2.24, 2.45) is 0 Å². The van der Waals surface area contributed by atoms with Crippen molar-refractivity contribution in [3.63, 3.8) is 0 Å². The number of hydrogen-bond acceptors (Lipinski definition) is 3. The molecular formula is C17H10Cl3NO3. The molecule has 4 nitrogen and oxygen atoms in total. The van der Waals surface area contributed by atoms with E-state index in [1.165, 1.54) is 12.1 Å². The molecule has 0 atom stereocenters. The van der Waals surface area contributed by atoms with Gasteiger partial charge in [0, 0.05) is 22.4 Å². The molecular weight excluding hydrogens is 373 g/mol. The van der Waals surface area contributed by atoms with E-state index in [1.54, 1.807) is 24.3 Å². The molecule has 0 aliphatic carbocycles. The van der Waals surface area contributed by atoms with E-state index in [-0.39, 0.29) is 33.4 Å². The predicted molar refractivity (Wildman–Crippen MR) is 96.1 cm³/mol. The van der Waals surface area contributed by atoms with Crippen LogP contribution in [0.4, 0.5) is 5.69 Å². The number of anilines is 1. The average Bonchev–Trinajstić information content (AvgIpc) is 2.87. The molecule has 2 N–H and O–H groups in total. The van der Waals surface area contributed by atoms with Crippen molar-refractivity contribution in [1.29, 1.82) is 0 Å². The Labute approximate surface area is 152 Å². The fourth-order valence-electron chi connectivity index (χ4n) is 2.42. The second-order valence-electron chi connectivity index (χ2n) is 5.16. The second kappa shape index (κ2) is 6.48. The van der Waals surface area contributed by atoms with Gasteiger partial charge in [0.2, 0.25) is 0 Å². The molecule has 7 heteroatoms. The number of ketones is 1. The first-order valence-corrected chi connectivity index (χ1v) is 8.14. The lowest BCUT2D eigenvalue weighted by Gasteiger charge is -2.04. The maximum atomic E-state index is 12.2. The van der Waals surface area contributed by atoms with Gasteiger partial charge in [0.25, 0.3) is 5.91 Å². The number of amides is 1. The Morgan fingerprint density at radius 3 is 2.46 bits per heavy atom. The SMILES string of the molecule is O=C1Nc2ccc(C(=O)CCl)cc2C1=Cc1cc(Cl)c(O)c(Cl)c1. The number of rotatable bonds is 3. The summed E-state index contributed by atoms with van der Waals surface area (Å²) >= 11 is 17.4. The van der Waals surface area contributed by atoms with Crippen LogP contribution in [-0.2, 0) is 4.79 Å². The molecule has 0 bridgehead atoms. The number of phenols is 1. The molecule has 1 aliphatic heterocycles. The minimum atomic E-state index is -0.305. The molecule has 1 amide bonds.